The highest BCUT2D eigenvalue weighted by Gasteiger charge is 2.34. The van der Waals surface area contributed by atoms with Crippen molar-refractivity contribution in [3.63, 3.8) is 0 Å². The van der Waals surface area contributed by atoms with Gasteiger partial charge in [-0.15, -0.1) is 0 Å². The van der Waals surface area contributed by atoms with Gasteiger partial charge in [0.15, 0.2) is 0 Å². The van der Waals surface area contributed by atoms with E-state index in [1.165, 1.54) is 18.2 Å². The van der Waals surface area contributed by atoms with E-state index in [-0.39, 0.29) is 34.9 Å². The van der Waals surface area contributed by atoms with Crippen LogP contribution in [0.1, 0.15) is 22.5 Å². The summed E-state index contributed by atoms with van der Waals surface area (Å²) in [4.78, 5) is 16.1. The van der Waals surface area contributed by atoms with Gasteiger partial charge in [-0.25, -0.2) is 8.42 Å². The molecule has 0 fully saturated rings. The summed E-state index contributed by atoms with van der Waals surface area (Å²) in [5.74, 6) is -1.68. The standard InChI is InChI=1S/C21H16F5N3O5S/c1-35(31,32)29-13-4-2-3-12(9-13)28-19(30)16-11-27-18(21(24,25)26)10-17(16)33-14-5-7-15(8-6-14)34-20(22)23/h2-8,10-11,20H,9H2,1H3,(H,28,30). The van der Waals surface area contributed by atoms with E-state index in [1.54, 1.807) is 0 Å². The minimum absolute atomic E-state index is 0.0643. The lowest BCUT2D eigenvalue weighted by atomic mass is 10.1. The maximum atomic E-state index is 13.2. The number of nitrogens with one attached hydrogen (secondary N) is 1. The van der Waals surface area contributed by atoms with Crippen LogP contribution < -0.4 is 14.8 Å². The largest absolute Gasteiger partial charge is 0.456 e. The number of hydrogen-bond acceptors (Lipinski definition) is 6. The van der Waals surface area contributed by atoms with Gasteiger partial charge in [0.25, 0.3) is 5.91 Å². The first-order valence-corrected chi connectivity index (χ1v) is 11.4. The SMILES string of the molecule is CS(=O)(=O)N=C1C=CC=C(NC(=O)c2cnc(C(F)(F)F)cc2Oc2ccc(OC(F)F)cc2)C1. The first-order chi connectivity index (χ1) is 16.3. The minimum Gasteiger partial charge on any atom is -0.456 e. The number of amides is 1. The third-order valence-electron chi connectivity index (χ3n) is 4.19. The topological polar surface area (TPSA) is 107 Å². The fraction of sp³-hybridized carbons (Fsp3) is 0.190. The number of nitrogens with zero attached hydrogens (tertiary/aromatic N) is 2. The Bertz CT molecular complexity index is 1300. The summed E-state index contributed by atoms with van der Waals surface area (Å²) in [5.41, 5.74) is -1.34. The number of benzene rings is 1. The highest BCUT2D eigenvalue weighted by Crippen LogP contribution is 2.34. The highest BCUT2D eigenvalue weighted by molar-refractivity contribution is 7.89. The van der Waals surface area contributed by atoms with Crippen LogP contribution in [-0.2, 0) is 16.2 Å². The molecule has 3 rings (SSSR count). The molecule has 1 heterocycles. The van der Waals surface area contributed by atoms with Crippen molar-refractivity contribution in [2.45, 2.75) is 19.2 Å². The highest BCUT2D eigenvalue weighted by atomic mass is 32.2. The lowest BCUT2D eigenvalue weighted by Gasteiger charge is -2.16. The molecule has 0 unspecified atom stereocenters. The van der Waals surface area contributed by atoms with E-state index >= 15 is 0 Å². The van der Waals surface area contributed by atoms with Gasteiger partial charge in [-0.3, -0.25) is 9.78 Å². The summed E-state index contributed by atoms with van der Waals surface area (Å²) in [6.07, 6.45) is 0.987. The van der Waals surface area contributed by atoms with Gasteiger partial charge in [0.1, 0.15) is 28.5 Å². The number of rotatable bonds is 7. The van der Waals surface area contributed by atoms with E-state index in [4.69, 9.17) is 4.74 Å². The van der Waals surface area contributed by atoms with Crippen LogP contribution in [-0.4, -0.2) is 37.9 Å². The van der Waals surface area contributed by atoms with Crippen LogP contribution in [0.15, 0.2) is 64.9 Å². The number of ether oxygens (including phenoxy) is 2. The molecule has 8 nitrogen and oxygen atoms in total. The number of aromatic nitrogens is 1. The monoisotopic (exact) mass is 517 g/mol. The maximum Gasteiger partial charge on any atom is 0.433 e. The molecule has 2 aromatic rings. The van der Waals surface area contributed by atoms with Crippen LogP contribution in [0.4, 0.5) is 22.0 Å². The molecule has 0 bridgehead atoms. The summed E-state index contributed by atoms with van der Waals surface area (Å²) in [6, 6.07) is 5.05. The number of hydrogen-bond donors (Lipinski definition) is 1. The zero-order valence-electron chi connectivity index (χ0n) is 17.7. The van der Waals surface area contributed by atoms with Crippen LogP contribution in [0.3, 0.4) is 0 Å². The fourth-order valence-corrected chi connectivity index (χ4v) is 3.38. The van der Waals surface area contributed by atoms with Crippen molar-refractivity contribution in [3.05, 3.63) is 71.7 Å². The molecular formula is C21H16F5N3O5S. The molecule has 1 aromatic heterocycles. The Hall–Kier alpha value is -3.81. The average molecular weight is 517 g/mol. The third-order valence-corrected chi connectivity index (χ3v) is 4.76. The summed E-state index contributed by atoms with van der Waals surface area (Å²) in [5, 5.41) is 2.46. The van der Waals surface area contributed by atoms with E-state index in [0.717, 1.165) is 30.5 Å². The Kier molecular flexibility index (Phi) is 7.53. The van der Waals surface area contributed by atoms with Gasteiger partial charge in [-0.1, -0.05) is 6.08 Å². The van der Waals surface area contributed by atoms with Crippen molar-refractivity contribution in [3.8, 4) is 17.2 Å². The number of carbonyl (C=O) groups is 1. The van der Waals surface area contributed by atoms with Gasteiger partial charge < -0.3 is 14.8 Å². The summed E-state index contributed by atoms with van der Waals surface area (Å²) in [6.45, 7) is -3.07. The van der Waals surface area contributed by atoms with Crippen molar-refractivity contribution in [1.29, 1.82) is 0 Å². The number of alkyl halides is 5. The van der Waals surface area contributed by atoms with E-state index in [9.17, 15) is 35.2 Å². The molecule has 0 saturated heterocycles. The number of pyridine rings is 1. The van der Waals surface area contributed by atoms with Crippen molar-refractivity contribution < 1.29 is 44.6 Å². The fourth-order valence-electron chi connectivity index (χ4n) is 2.83. The molecule has 0 spiro atoms. The molecule has 1 amide bonds. The molecule has 0 aliphatic heterocycles. The van der Waals surface area contributed by atoms with Gasteiger partial charge in [0, 0.05) is 24.4 Å². The van der Waals surface area contributed by atoms with Gasteiger partial charge in [-0.2, -0.15) is 26.3 Å². The van der Waals surface area contributed by atoms with Crippen LogP contribution in [0.5, 0.6) is 17.2 Å². The lowest BCUT2D eigenvalue weighted by Crippen LogP contribution is -2.26. The predicted octanol–water partition coefficient (Wildman–Crippen LogP) is 4.47. The quantitative estimate of drug-likeness (QED) is 0.544. The van der Waals surface area contributed by atoms with Crippen molar-refractivity contribution in [2.24, 2.45) is 4.40 Å². The molecule has 14 heteroatoms. The van der Waals surface area contributed by atoms with Crippen molar-refractivity contribution in [1.82, 2.24) is 10.3 Å². The maximum absolute atomic E-state index is 13.2. The van der Waals surface area contributed by atoms with E-state index < -0.39 is 40.2 Å². The normalized spacial score (nSPS) is 15.2. The molecule has 0 radical (unpaired) electrons. The first kappa shape index (κ1) is 25.8. The van der Waals surface area contributed by atoms with E-state index in [1.807, 2.05) is 0 Å². The molecule has 0 saturated carbocycles. The minimum atomic E-state index is -4.84. The second-order valence-corrected chi connectivity index (χ2v) is 8.66. The Morgan fingerprint density at radius 3 is 2.43 bits per heavy atom. The van der Waals surface area contributed by atoms with Gasteiger partial charge in [-0.05, 0) is 36.4 Å². The number of allylic oxidation sites excluding steroid dienone is 4. The van der Waals surface area contributed by atoms with E-state index in [2.05, 4.69) is 19.4 Å². The van der Waals surface area contributed by atoms with Crippen LogP contribution >= 0.6 is 0 Å². The molecule has 1 aliphatic carbocycles. The molecule has 186 valence electrons. The van der Waals surface area contributed by atoms with Crippen LogP contribution in [0.25, 0.3) is 0 Å². The summed E-state index contributed by atoms with van der Waals surface area (Å²) < 4.78 is 100. The Balaban J connectivity index is 1.87. The third kappa shape index (κ3) is 7.60. The lowest BCUT2D eigenvalue weighted by molar-refractivity contribution is -0.141. The van der Waals surface area contributed by atoms with Gasteiger partial charge >= 0.3 is 12.8 Å². The predicted molar refractivity (Wildman–Crippen MR) is 114 cm³/mol. The first-order valence-electron chi connectivity index (χ1n) is 9.57. The Morgan fingerprint density at radius 1 is 1.17 bits per heavy atom. The van der Waals surface area contributed by atoms with E-state index in [0.29, 0.717) is 12.3 Å². The van der Waals surface area contributed by atoms with Crippen LogP contribution in [0.2, 0.25) is 0 Å². The van der Waals surface area contributed by atoms with Gasteiger partial charge in [0.2, 0.25) is 10.0 Å². The summed E-state index contributed by atoms with van der Waals surface area (Å²) >= 11 is 0. The Labute approximate surface area is 195 Å². The Morgan fingerprint density at radius 2 is 1.83 bits per heavy atom. The number of carbonyl (C=O) groups excluding carboxylic acids is 1. The molecule has 0 atom stereocenters. The van der Waals surface area contributed by atoms with Gasteiger partial charge in [0.05, 0.1) is 12.0 Å². The average Bonchev–Trinajstić information content (AvgIpc) is 2.73. The zero-order valence-corrected chi connectivity index (χ0v) is 18.5. The van der Waals surface area contributed by atoms with Crippen LogP contribution in [0, 0.1) is 0 Å². The van der Waals surface area contributed by atoms with Crippen molar-refractivity contribution >= 4 is 21.6 Å². The second kappa shape index (κ2) is 10.2. The smallest absolute Gasteiger partial charge is 0.433 e. The molecule has 1 aromatic carbocycles. The van der Waals surface area contributed by atoms with Crippen molar-refractivity contribution in [2.75, 3.05) is 6.26 Å². The number of halogens is 5. The second-order valence-electron chi connectivity index (χ2n) is 7.01. The molecule has 1 N–H and O–H groups in total. The summed E-state index contributed by atoms with van der Waals surface area (Å²) in [7, 11) is -3.69. The molecular weight excluding hydrogens is 501 g/mol. The molecule has 1 aliphatic rings. The molecule has 35 heavy (non-hydrogen) atoms. The zero-order chi connectivity index (χ0) is 25.8. The number of sulfonamides is 1.